The summed E-state index contributed by atoms with van der Waals surface area (Å²) in [5.74, 6) is -1.38. The van der Waals surface area contributed by atoms with E-state index in [0.717, 1.165) is 19.3 Å². The minimum absolute atomic E-state index is 0.311. The molecule has 1 fully saturated rings. The standard InChI is InChI=1S/C11H20N2O5/c14-8-5-3-1-2-4-7(8)13-11(18)12-6-9(15)10(16)17/h7-9,14-15H,1-6H2,(H,16,17)(H2,12,13,18)/t7?,8?,9-/m0/s1. The lowest BCUT2D eigenvalue weighted by Crippen LogP contribution is -2.49. The molecule has 0 aromatic rings. The molecule has 3 atom stereocenters. The molecule has 0 saturated heterocycles. The van der Waals surface area contributed by atoms with E-state index in [0.29, 0.717) is 12.8 Å². The van der Waals surface area contributed by atoms with Crippen LogP contribution in [0.2, 0.25) is 0 Å². The van der Waals surface area contributed by atoms with Gasteiger partial charge in [0, 0.05) is 0 Å². The van der Waals surface area contributed by atoms with E-state index in [1.165, 1.54) is 0 Å². The van der Waals surface area contributed by atoms with Crippen LogP contribution in [0.15, 0.2) is 0 Å². The number of rotatable bonds is 4. The van der Waals surface area contributed by atoms with Crippen molar-refractivity contribution in [2.75, 3.05) is 6.54 Å². The van der Waals surface area contributed by atoms with Crippen molar-refractivity contribution in [2.45, 2.75) is 50.4 Å². The normalized spacial score (nSPS) is 25.9. The molecule has 7 heteroatoms. The molecule has 7 nitrogen and oxygen atoms in total. The van der Waals surface area contributed by atoms with Gasteiger partial charge in [-0.15, -0.1) is 0 Å². The maximum Gasteiger partial charge on any atom is 0.334 e. The van der Waals surface area contributed by atoms with Crippen molar-refractivity contribution in [1.29, 1.82) is 0 Å². The Balaban J connectivity index is 2.32. The smallest absolute Gasteiger partial charge is 0.334 e. The topological polar surface area (TPSA) is 119 Å². The van der Waals surface area contributed by atoms with Crippen LogP contribution in [0.1, 0.15) is 32.1 Å². The lowest BCUT2D eigenvalue weighted by molar-refractivity contribution is -0.146. The van der Waals surface area contributed by atoms with Gasteiger partial charge in [-0.05, 0) is 12.8 Å². The van der Waals surface area contributed by atoms with Crippen LogP contribution < -0.4 is 10.6 Å². The number of urea groups is 1. The van der Waals surface area contributed by atoms with Gasteiger partial charge in [-0.2, -0.15) is 0 Å². The third-order valence-electron chi connectivity index (χ3n) is 3.04. The summed E-state index contributed by atoms with van der Waals surface area (Å²) in [4.78, 5) is 21.8. The third-order valence-corrected chi connectivity index (χ3v) is 3.04. The summed E-state index contributed by atoms with van der Waals surface area (Å²) in [7, 11) is 0. The van der Waals surface area contributed by atoms with Crippen molar-refractivity contribution in [2.24, 2.45) is 0 Å². The van der Waals surface area contributed by atoms with Crippen LogP contribution in [0.4, 0.5) is 4.79 Å². The van der Waals surface area contributed by atoms with Crippen molar-refractivity contribution in [3.8, 4) is 0 Å². The second kappa shape index (κ2) is 7.17. The van der Waals surface area contributed by atoms with Crippen LogP contribution in [0.3, 0.4) is 0 Å². The largest absolute Gasteiger partial charge is 0.479 e. The minimum Gasteiger partial charge on any atom is -0.479 e. The van der Waals surface area contributed by atoms with Crippen LogP contribution in [0, 0.1) is 0 Å². The number of aliphatic hydroxyl groups excluding tert-OH is 2. The molecule has 2 unspecified atom stereocenters. The average molecular weight is 260 g/mol. The Kier molecular flexibility index (Phi) is 5.87. The predicted octanol–water partition coefficient (Wildman–Crippen LogP) is -0.575. The first-order valence-electron chi connectivity index (χ1n) is 6.14. The molecule has 0 bridgehead atoms. The van der Waals surface area contributed by atoms with E-state index in [1.54, 1.807) is 0 Å². The summed E-state index contributed by atoms with van der Waals surface area (Å²) in [5.41, 5.74) is 0. The summed E-state index contributed by atoms with van der Waals surface area (Å²) in [6.45, 7) is -0.357. The second-order valence-corrected chi connectivity index (χ2v) is 4.52. The number of nitrogens with one attached hydrogen (secondary N) is 2. The Hall–Kier alpha value is -1.34. The molecular weight excluding hydrogens is 240 g/mol. The summed E-state index contributed by atoms with van der Waals surface area (Å²) in [5, 5.41) is 32.1. The molecule has 2 amide bonds. The fraction of sp³-hybridized carbons (Fsp3) is 0.818. The van der Waals surface area contributed by atoms with Crippen LogP contribution in [0.5, 0.6) is 0 Å². The highest BCUT2D eigenvalue weighted by atomic mass is 16.4. The molecule has 0 aromatic heterocycles. The molecule has 5 N–H and O–H groups in total. The Morgan fingerprint density at radius 1 is 1.22 bits per heavy atom. The number of carboxylic acid groups (broad SMARTS) is 1. The lowest BCUT2D eigenvalue weighted by atomic mass is 10.1. The molecule has 18 heavy (non-hydrogen) atoms. The fourth-order valence-electron chi connectivity index (χ4n) is 1.95. The first-order valence-corrected chi connectivity index (χ1v) is 6.14. The molecule has 1 saturated carbocycles. The number of carbonyl (C=O) groups excluding carboxylic acids is 1. The van der Waals surface area contributed by atoms with E-state index in [1.807, 2.05) is 0 Å². The van der Waals surface area contributed by atoms with Crippen molar-refractivity contribution in [3.63, 3.8) is 0 Å². The van der Waals surface area contributed by atoms with E-state index < -0.39 is 24.2 Å². The maximum atomic E-state index is 11.5. The molecule has 104 valence electrons. The summed E-state index contributed by atoms with van der Waals surface area (Å²) >= 11 is 0. The molecule has 0 aromatic carbocycles. The Morgan fingerprint density at radius 3 is 2.56 bits per heavy atom. The van der Waals surface area contributed by atoms with Crippen molar-refractivity contribution >= 4 is 12.0 Å². The zero-order valence-electron chi connectivity index (χ0n) is 10.1. The van der Waals surface area contributed by atoms with Gasteiger partial charge < -0.3 is 26.0 Å². The van der Waals surface area contributed by atoms with E-state index in [-0.39, 0.29) is 12.6 Å². The number of carboxylic acids is 1. The summed E-state index contributed by atoms with van der Waals surface area (Å²) < 4.78 is 0. The number of aliphatic carboxylic acids is 1. The maximum absolute atomic E-state index is 11.5. The van der Waals surface area contributed by atoms with E-state index in [4.69, 9.17) is 10.2 Å². The predicted molar refractivity (Wildman–Crippen MR) is 63.1 cm³/mol. The fourth-order valence-corrected chi connectivity index (χ4v) is 1.95. The summed E-state index contributed by atoms with van der Waals surface area (Å²) in [6.07, 6.45) is 2.10. The highest BCUT2D eigenvalue weighted by molar-refractivity contribution is 5.76. The van der Waals surface area contributed by atoms with Gasteiger partial charge in [0.15, 0.2) is 6.10 Å². The van der Waals surface area contributed by atoms with Crippen LogP contribution in [-0.4, -0.2) is 52.1 Å². The van der Waals surface area contributed by atoms with Crippen LogP contribution in [0.25, 0.3) is 0 Å². The highest BCUT2D eigenvalue weighted by Crippen LogP contribution is 2.17. The zero-order valence-corrected chi connectivity index (χ0v) is 10.1. The van der Waals surface area contributed by atoms with Crippen molar-refractivity contribution in [3.05, 3.63) is 0 Å². The molecule has 0 aliphatic heterocycles. The Bertz CT molecular complexity index is 297. The number of aliphatic hydroxyl groups is 2. The first kappa shape index (κ1) is 14.7. The zero-order chi connectivity index (χ0) is 13.5. The Labute approximate surface area is 105 Å². The number of amides is 2. The number of hydrogen-bond acceptors (Lipinski definition) is 4. The average Bonchev–Trinajstić information content (AvgIpc) is 2.52. The highest BCUT2D eigenvalue weighted by Gasteiger charge is 2.23. The van der Waals surface area contributed by atoms with Crippen molar-refractivity contribution in [1.82, 2.24) is 10.6 Å². The second-order valence-electron chi connectivity index (χ2n) is 4.52. The summed E-state index contributed by atoms with van der Waals surface area (Å²) in [6, 6.07) is -0.879. The molecular formula is C11H20N2O5. The molecule has 1 aliphatic rings. The van der Waals surface area contributed by atoms with Gasteiger partial charge in [0.2, 0.25) is 0 Å². The first-order chi connectivity index (χ1) is 8.50. The molecule has 1 aliphatic carbocycles. The molecule has 1 rings (SSSR count). The van der Waals surface area contributed by atoms with E-state index in [2.05, 4.69) is 10.6 Å². The van der Waals surface area contributed by atoms with Gasteiger partial charge in [-0.3, -0.25) is 0 Å². The van der Waals surface area contributed by atoms with Crippen LogP contribution in [-0.2, 0) is 4.79 Å². The molecule has 0 heterocycles. The van der Waals surface area contributed by atoms with Gasteiger partial charge in [-0.25, -0.2) is 9.59 Å². The Morgan fingerprint density at radius 2 is 1.89 bits per heavy atom. The van der Waals surface area contributed by atoms with Gasteiger partial charge in [0.05, 0.1) is 18.7 Å². The number of carbonyl (C=O) groups is 2. The quantitative estimate of drug-likeness (QED) is 0.433. The van der Waals surface area contributed by atoms with Gasteiger partial charge >= 0.3 is 12.0 Å². The van der Waals surface area contributed by atoms with Crippen molar-refractivity contribution < 1.29 is 24.9 Å². The minimum atomic E-state index is -1.62. The van der Waals surface area contributed by atoms with Crippen LogP contribution >= 0.6 is 0 Å². The van der Waals surface area contributed by atoms with E-state index in [9.17, 15) is 14.7 Å². The third kappa shape index (κ3) is 4.89. The lowest BCUT2D eigenvalue weighted by Gasteiger charge is -2.22. The molecule has 0 spiro atoms. The van der Waals surface area contributed by atoms with Gasteiger partial charge in [0.1, 0.15) is 0 Å². The molecule has 0 radical (unpaired) electrons. The SMILES string of the molecule is O=C(NC[C@H](O)C(=O)O)NC1CCCCCC1O. The number of hydrogen-bond donors (Lipinski definition) is 5. The van der Waals surface area contributed by atoms with E-state index >= 15 is 0 Å². The van der Waals surface area contributed by atoms with Gasteiger partial charge in [0.25, 0.3) is 0 Å². The van der Waals surface area contributed by atoms with Gasteiger partial charge in [-0.1, -0.05) is 19.3 Å². The monoisotopic (exact) mass is 260 g/mol.